The normalized spacial score (nSPS) is 11.0. The number of ether oxygens (including phenoxy) is 1. The molecule has 1 heterocycles. The summed E-state index contributed by atoms with van der Waals surface area (Å²) in [6.45, 7) is 1.34. The lowest BCUT2D eigenvalue weighted by atomic mass is 10.3. The second-order valence-corrected chi connectivity index (χ2v) is 3.09. The number of aliphatic carboxylic acids is 1. The fourth-order valence-electron chi connectivity index (χ4n) is 0.976. The van der Waals surface area contributed by atoms with Gasteiger partial charge in [0.25, 0.3) is 0 Å². The van der Waals surface area contributed by atoms with Crippen molar-refractivity contribution < 1.29 is 19.6 Å². The number of carboxylic acids is 1. The zero-order valence-corrected chi connectivity index (χ0v) is 8.99. The van der Waals surface area contributed by atoms with E-state index in [1.54, 1.807) is 0 Å². The monoisotopic (exact) mass is 238 g/mol. The van der Waals surface area contributed by atoms with Gasteiger partial charge in [0.2, 0.25) is 5.75 Å². The summed E-state index contributed by atoms with van der Waals surface area (Å²) in [5, 5.41) is 19.2. The molecule has 7 nitrogen and oxygen atoms in total. The number of hydrogen-bond acceptors (Lipinski definition) is 5. The fourth-order valence-corrected chi connectivity index (χ4v) is 0.976. The maximum atomic E-state index is 10.6. The van der Waals surface area contributed by atoms with E-state index in [-0.39, 0.29) is 17.9 Å². The first kappa shape index (κ1) is 12.6. The molecule has 0 bridgehead atoms. The van der Waals surface area contributed by atoms with Crippen molar-refractivity contribution in [2.45, 2.75) is 6.92 Å². The molecule has 0 aliphatic heterocycles. The van der Waals surface area contributed by atoms with Gasteiger partial charge in [-0.3, -0.25) is 0 Å². The van der Waals surface area contributed by atoms with Crippen LogP contribution in [0.2, 0.25) is 0 Å². The first-order valence-corrected chi connectivity index (χ1v) is 4.64. The highest BCUT2D eigenvalue weighted by atomic mass is 16.6. The number of nitrogens with zero attached hydrogens (tertiary/aromatic N) is 2. The average molecular weight is 238 g/mol. The number of nitro groups is 1. The molecule has 1 N–H and O–H groups in total. The van der Waals surface area contributed by atoms with Gasteiger partial charge in [-0.2, -0.15) is 0 Å². The minimum Gasteiger partial charge on any atom is -0.481 e. The van der Waals surface area contributed by atoms with Crippen LogP contribution < -0.4 is 4.74 Å². The molecule has 0 saturated heterocycles. The number of aromatic nitrogens is 1. The second-order valence-electron chi connectivity index (χ2n) is 3.09. The average Bonchev–Trinajstić information content (AvgIpc) is 2.29. The summed E-state index contributed by atoms with van der Waals surface area (Å²) < 4.78 is 5.08. The second kappa shape index (κ2) is 5.59. The lowest BCUT2D eigenvalue weighted by Gasteiger charge is -2.03. The van der Waals surface area contributed by atoms with E-state index in [9.17, 15) is 14.9 Å². The molecule has 1 rings (SSSR count). The Morgan fingerprint density at radius 2 is 2.41 bits per heavy atom. The number of hydrogen-bond donors (Lipinski definition) is 1. The molecule has 90 valence electrons. The van der Waals surface area contributed by atoms with Gasteiger partial charge in [0, 0.05) is 5.57 Å². The molecule has 0 radical (unpaired) electrons. The molecule has 0 amide bonds. The van der Waals surface area contributed by atoms with Crippen molar-refractivity contribution in [3.63, 3.8) is 0 Å². The van der Waals surface area contributed by atoms with Crippen LogP contribution in [0.3, 0.4) is 0 Å². The van der Waals surface area contributed by atoms with Crippen molar-refractivity contribution in [1.82, 2.24) is 4.98 Å². The smallest absolute Gasteiger partial charge is 0.406 e. The lowest BCUT2D eigenvalue weighted by Crippen LogP contribution is -2.03. The van der Waals surface area contributed by atoms with Crippen LogP contribution >= 0.6 is 0 Å². The highest BCUT2D eigenvalue weighted by Crippen LogP contribution is 2.22. The Morgan fingerprint density at radius 1 is 1.71 bits per heavy atom. The Morgan fingerprint density at radius 3 is 3.00 bits per heavy atom. The quantitative estimate of drug-likeness (QED) is 0.472. The van der Waals surface area contributed by atoms with Crippen molar-refractivity contribution >= 4 is 11.8 Å². The standard InChI is InChI=1S/C10H10N2O5/c1-7(10(13)14)4-6-17-8-3-2-5-11-9(8)12(15)16/h2-5H,6H2,1H3,(H,13,14). The fraction of sp³-hybridized carbons (Fsp3) is 0.200. The summed E-state index contributed by atoms with van der Waals surface area (Å²) in [6, 6.07) is 2.89. The summed E-state index contributed by atoms with van der Waals surface area (Å²) in [7, 11) is 0. The SMILES string of the molecule is CC(=CCOc1cccnc1[N+](=O)[O-])C(=O)O. The predicted molar refractivity (Wildman–Crippen MR) is 57.8 cm³/mol. The van der Waals surface area contributed by atoms with Gasteiger partial charge < -0.3 is 20.0 Å². The summed E-state index contributed by atoms with van der Waals surface area (Å²) in [5.74, 6) is -1.45. The highest BCUT2D eigenvalue weighted by molar-refractivity contribution is 5.85. The van der Waals surface area contributed by atoms with Crippen molar-refractivity contribution in [3.05, 3.63) is 40.1 Å². The van der Waals surface area contributed by atoms with Crippen molar-refractivity contribution in [1.29, 1.82) is 0 Å². The van der Waals surface area contributed by atoms with Crippen molar-refractivity contribution in [3.8, 4) is 5.75 Å². The topological polar surface area (TPSA) is 103 Å². The van der Waals surface area contributed by atoms with Gasteiger partial charge in [-0.05, 0) is 35.0 Å². The van der Waals surface area contributed by atoms with Crippen LogP contribution in [-0.2, 0) is 4.79 Å². The molecule has 0 saturated carbocycles. The van der Waals surface area contributed by atoms with Crippen LogP contribution in [0.4, 0.5) is 5.82 Å². The van der Waals surface area contributed by atoms with Crippen LogP contribution in [0.15, 0.2) is 30.0 Å². The van der Waals surface area contributed by atoms with Gasteiger partial charge in [0.15, 0.2) is 0 Å². The number of rotatable bonds is 5. The summed E-state index contributed by atoms with van der Waals surface area (Å²) >= 11 is 0. The van der Waals surface area contributed by atoms with E-state index in [0.29, 0.717) is 0 Å². The zero-order valence-electron chi connectivity index (χ0n) is 8.99. The van der Waals surface area contributed by atoms with Crippen molar-refractivity contribution in [2.75, 3.05) is 6.61 Å². The first-order chi connectivity index (χ1) is 8.02. The molecule has 0 aromatic carbocycles. The first-order valence-electron chi connectivity index (χ1n) is 4.64. The minimum atomic E-state index is -1.06. The van der Waals surface area contributed by atoms with E-state index < -0.39 is 16.7 Å². The molecular weight excluding hydrogens is 228 g/mol. The molecule has 1 aromatic heterocycles. The van der Waals surface area contributed by atoms with Crippen LogP contribution in [-0.4, -0.2) is 27.6 Å². The number of pyridine rings is 1. The number of carboxylic acid groups (broad SMARTS) is 1. The number of carbonyl (C=O) groups is 1. The third-order valence-corrected chi connectivity index (χ3v) is 1.89. The van der Waals surface area contributed by atoms with E-state index >= 15 is 0 Å². The van der Waals surface area contributed by atoms with E-state index in [0.717, 1.165) is 0 Å². The molecule has 0 fully saturated rings. The van der Waals surface area contributed by atoms with Crippen molar-refractivity contribution in [2.24, 2.45) is 0 Å². The Kier molecular flexibility index (Phi) is 4.15. The maximum absolute atomic E-state index is 10.6. The molecule has 0 aliphatic rings. The van der Waals surface area contributed by atoms with Gasteiger partial charge in [0.1, 0.15) is 12.8 Å². The third kappa shape index (κ3) is 3.56. The molecule has 0 aliphatic carbocycles. The third-order valence-electron chi connectivity index (χ3n) is 1.89. The molecule has 0 atom stereocenters. The molecule has 0 spiro atoms. The van der Waals surface area contributed by atoms with Crippen LogP contribution in [0, 0.1) is 10.1 Å². The van der Waals surface area contributed by atoms with Crippen LogP contribution in [0.25, 0.3) is 0 Å². The molecule has 0 unspecified atom stereocenters. The van der Waals surface area contributed by atoms with E-state index in [1.165, 1.54) is 31.3 Å². The van der Waals surface area contributed by atoms with Crippen LogP contribution in [0.5, 0.6) is 5.75 Å². The minimum absolute atomic E-state index is 0.00642. The van der Waals surface area contributed by atoms with Gasteiger partial charge in [-0.25, -0.2) is 4.79 Å². The Balaban J connectivity index is 2.73. The van der Waals surface area contributed by atoms with Crippen LogP contribution in [0.1, 0.15) is 6.92 Å². The van der Waals surface area contributed by atoms with Gasteiger partial charge in [-0.15, -0.1) is 0 Å². The zero-order chi connectivity index (χ0) is 12.8. The van der Waals surface area contributed by atoms with Gasteiger partial charge in [0.05, 0.1) is 0 Å². The predicted octanol–water partition coefficient (Wildman–Crippen LogP) is 1.40. The highest BCUT2D eigenvalue weighted by Gasteiger charge is 2.14. The maximum Gasteiger partial charge on any atom is 0.406 e. The van der Waals surface area contributed by atoms with E-state index in [2.05, 4.69) is 4.98 Å². The Bertz CT molecular complexity index is 470. The molecular formula is C10H10N2O5. The Hall–Kier alpha value is -2.44. The lowest BCUT2D eigenvalue weighted by molar-refractivity contribution is -0.390. The van der Waals surface area contributed by atoms with E-state index in [1.807, 2.05) is 0 Å². The molecule has 7 heteroatoms. The Labute approximate surface area is 96.5 Å². The summed E-state index contributed by atoms with van der Waals surface area (Å²) in [5.41, 5.74) is 0.108. The summed E-state index contributed by atoms with van der Waals surface area (Å²) in [6.07, 6.45) is 2.60. The van der Waals surface area contributed by atoms with Gasteiger partial charge in [-0.1, -0.05) is 0 Å². The van der Waals surface area contributed by atoms with Gasteiger partial charge >= 0.3 is 11.8 Å². The largest absolute Gasteiger partial charge is 0.481 e. The molecule has 17 heavy (non-hydrogen) atoms. The summed E-state index contributed by atoms with van der Waals surface area (Å²) in [4.78, 5) is 23.9. The van der Waals surface area contributed by atoms with E-state index in [4.69, 9.17) is 9.84 Å². The molecule has 1 aromatic rings.